The Kier molecular flexibility index (Phi) is 5.08. The normalized spacial score (nSPS) is 19.7. The van der Waals surface area contributed by atoms with E-state index < -0.39 is 0 Å². The third kappa shape index (κ3) is 3.62. The van der Waals surface area contributed by atoms with Crippen molar-refractivity contribution in [1.82, 2.24) is 0 Å². The molecule has 0 aromatic heterocycles. The lowest BCUT2D eigenvalue weighted by atomic mass is 10.1. The Balaban J connectivity index is 1.46. The van der Waals surface area contributed by atoms with Crippen LogP contribution in [0.4, 0.5) is 5.69 Å². The summed E-state index contributed by atoms with van der Waals surface area (Å²) in [7, 11) is 0. The number of hydrogen-bond acceptors (Lipinski definition) is 3. The molecule has 1 amide bonds. The highest BCUT2D eigenvalue weighted by Gasteiger charge is 2.32. The molecule has 2 aliphatic heterocycles. The Morgan fingerprint density at radius 1 is 0.867 bits per heavy atom. The fraction of sp³-hybridized carbons (Fsp3) is 0.192. The van der Waals surface area contributed by atoms with Crippen molar-refractivity contribution in [2.45, 2.75) is 25.6 Å². The van der Waals surface area contributed by atoms with Crippen molar-refractivity contribution in [2.75, 3.05) is 11.5 Å². The molecule has 5 rings (SSSR count). The second kappa shape index (κ2) is 8.17. The van der Waals surface area contributed by atoms with E-state index in [-0.39, 0.29) is 12.2 Å². The van der Waals surface area contributed by atoms with Crippen molar-refractivity contribution in [3.05, 3.63) is 95.6 Å². The maximum atomic E-state index is 13.1. The van der Waals surface area contributed by atoms with E-state index >= 15 is 0 Å². The Hall–Kier alpha value is -3.37. The van der Waals surface area contributed by atoms with E-state index in [0.717, 1.165) is 59.7 Å². The number of anilines is 1. The number of rotatable bonds is 4. The Bertz CT molecular complexity index is 1070. The van der Waals surface area contributed by atoms with Crippen LogP contribution in [-0.2, 0) is 4.74 Å². The van der Waals surface area contributed by atoms with Crippen molar-refractivity contribution >= 4 is 23.4 Å². The van der Waals surface area contributed by atoms with E-state index in [1.54, 1.807) is 4.90 Å². The zero-order valence-corrected chi connectivity index (χ0v) is 16.7. The van der Waals surface area contributed by atoms with E-state index in [0.29, 0.717) is 0 Å². The van der Waals surface area contributed by atoms with Gasteiger partial charge in [-0.05, 0) is 54.8 Å². The minimum Gasteiger partial charge on any atom is -0.465 e. The van der Waals surface area contributed by atoms with Gasteiger partial charge in [0.1, 0.15) is 5.75 Å². The van der Waals surface area contributed by atoms with E-state index in [1.165, 1.54) is 0 Å². The molecular formula is C26H23NO3. The average molecular weight is 397 g/mol. The maximum absolute atomic E-state index is 13.1. The molecule has 1 saturated heterocycles. The van der Waals surface area contributed by atoms with Gasteiger partial charge < -0.3 is 9.47 Å². The summed E-state index contributed by atoms with van der Waals surface area (Å²) in [6.07, 6.45) is 5.06. The van der Waals surface area contributed by atoms with Crippen LogP contribution in [0.2, 0.25) is 0 Å². The summed E-state index contributed by atoms with van der Waals surface area (Å²) < 4.78 is 11.6. The number of carbonyl (C=O) groups excluding carboxylic acids is 1. The topological polar surface area (TPSA) is 38.8 Å². The van der Waals surface area contributed by atoms with Crippen LogP contribution in [0.25, 0.3) is 11.8 Å². The molecule has 150 valence electrons. The zero-order valence-electron chi connectivity index (χ0n) is 16.7. The average Bonchev–Trinajstić information content (AvgIpc) is 3.08. The molecule has 0 spiro atoms. The van der Waals surface area contributed by atoms with Gasteiger partial charge in [0.05, 0.1) is 12.3 Å². The van der Waals surface area contributed by atoms with Crippen molar-refractivity contribution < 1.29 is 14.3 Å². The quantitative estimate of drug-likeness (QED) is 0.563. The molecule has 2 aliphatic rings. The van der Waals surface area contributed by atoms with Gasteiger partial charge in [0, 0.05) is 23.2 Å². The highest BCUT2D eigenvalue weighted by Crippen LogP contribution is 2.37. The molecule has 3 aromatic carbocycles. The van der Waals surface area contributed by atoms with Crippen LogP contribution in [0, 0.1) is 0 Å². The van der Waals surface area contributed by atoms with E-state index in [1.807, 2.05) is 78.9 Å². The molecular weight excluding hydrogens is 374 g/mol. The zero-order chi connectivity index (χ0) is 20.3. The Morgan fingerprint density at radius 3 is 2.33 bits per heavy atom. The van der Waals surface area contributed by atoms with Crippen molar-refractivity contribution in [1.29, 1.82) is 0 Å². The van der Waals surface area contributed by atoms with Crippen molar-refractivity contribution in [3.63, 3.8) is 0 Å². The number of para-hydroxylation sites is 1. The molecule has 1 atom stereocenters. The molecule has 0 unspecified atom stereocenters. The van der Waals surface area contributed by atoms with Gasteiger partial charge in [0.2, 0.25) is 0 Å². The third-order valence-electron chi connectivity index (χ3n) is 5.48. The van der Waals surface area contributed by atoms with Gasteiger partial charge in [-0.15, -0.1) is 0 Å². The van der Waals surface area contributed by atoms with Crippen LogP contribution in [0.1, 0.15) is 40.7 Å². The first-order valence-electron chi connectivity index (χ1n) is 10.4. The molecule has 4 nitrogen and oxygen atoms in total. The van der Waals surface area contributed by atoms with E-state index in [9.17, 15) is 4.79 Å². The Labute approximate surface area is 176 Å². The lowest BCUT2D eigenvalue weighted by Gasteiger charge is -2.23. The summed E-state index contributed by atoms with van der Waals surface area (Å²) in [6.45, 7) is 0.762. The molecule has 3 aromatic rings. The maximum Gasteiger partial charge on any atom is 0.263 e. The number of ether oxygens (including phenoxy) is 2. The molecule has 0 radical (unpaired) electrons. The second-order valence-electron chi connectivity index (χ2n) is 7.53. The van der Waals surface area contributed by atoms with Gasteiger partial charge in [-0.2, -0.15) is 0 Å². The molecule has 0 saturated carbocycles. The second-order valence-corrected chi connectivity index (χ2v) is 7.53. The summed E-state index contributed by atoms with van der Waals surface area (Å²) in [6, 6.07) is 25.5. The van der Waals surface area contributed by atoms with Crippen LogP contribution in [-0.4, -0.2) is 18.8 Å². The molecule has 1 fully saturated rings. The minimum atomic E-state index is -0.157. The Morgan fingerprint density at radius 2 is 1.60 bits per heavy atom. The summed E-state index contributed by atoms with van der Waals surface area (Å²) in [5, 5.41) is 0. The van der Waals surface area contributed by atoms with Crippen LogP contribution >= 0.6 is 0 Å². The largest absolute Gasteiger partial charge is 0.465 e. The fourth-order valence-electron chi connectivity index (χ4n) is 3.98. The number of carbonyl (C=O) groups is 1. The molecule has 4 heteroatoms. The predicted molar refractivity (Wildman–Crippen MR) is 118 cm³/mol. The highest BCUT2D eigenvalue weighted by molar-refractivity contribution is 6.24. The molecule has 30 heavy (non-hydrogen) atoms. The van der Waals surface area contributed by atoms with Crippen molar-refractivity contribution in [2.24, 2.45) is 0 Å². The van der Waals surface area contributed by atoms with Crippen LogP contribution < -0.4 is 9.64 Å². The summed E-state index contributed by atoms with van der Waals surface area (Å²) in [5.41, 5.74) is 4.42. The van der Waals surface area contributed by atoms with E-state index in [2.05, 4.69) is 6.08 Å². The number of fused-ring (bicyclic) bond motifs is 1. The molecule has 0 N–H and O–H groups in total. The van der Waals surface area contributed by atoms with Crippen LogP contribution in [0.3, 0.4) is 0 Å². The standard InChI is InChI=1S/C26H23NO3/c28-26-23-11-5-4-10-22(23)24(27(26)20-8-2-1-3-9-20)18-19-13-15-21(16-14-19)30-25-12-6-7-17-29-25/h1-5,8-11,13-16,18,25H,6-7,12,17H2/b24-18+/t25-/m1/s1. The first kappa shape index (κ1) is 18.6. The van der Waals surface area contributed by atoms with Crippen LogP contribution in [0.15, 0.2) is 78.9 Å². The number of benzene rings is 3. The van der Waals surface area contributed by atoms with E-state index in [4.69, 9.17) is 9.47 Å². The SMILES string of the molecule is O=C1c2ccccc2/C(=C\c2ccc(O[C@@H]3CCCCO3)cc2)N1c1ccccc1. The number of amides is 1. The van der Waals surface area contributed by atoms with Gasteiger partial charge >= 0.3 is 0 Å². The minimum absolute atomic E-state index is 0.00236. The lowest BCUT2D eigenvalue weighted by Crippen LogP contribution is -2.24. The van der Waals surface area contributed by atoms with Crippen molar-refractivity contribution in [3.8, 4) is 5.75 Å². The summed E-state index contributed by atoms with van der Waals surface area (Å²) >= 11 is 0. The molecule has 0 bridgehead atoms. The predicted octanol–water partition coefficient (Wildman–Crippen LogP) is 5.75. The number of hydrogen-bond donors (Lipinski definition) is 0. The summed E-state index contributed by atoms with van der Waals surface area (Å²) in [4.78, 5) is 14.9. The van der Waals surface area contributed by atoms with Gasteiger partial charge in [0.25, 0.3) is 5.91 Å². The monoisotopic (exact) mass is 397 g/mol. The first-order chi connectivity index (χ1) is 14.8. The first-order valence-corrected chi connectivity index (χ1v) is 10.4. The van der Waals surface area contributed by atoms with Gasteiger partial charge in [-0.1, -0.05) is 48.5 Å². The highest BCUT2D eigenvalue weighted by atomic mass is 16.7. The number of nitrogens with zero attached hydrogens (tertiary/aromatic N) is 1. The molecule has 2 heterocycles. The van der Waals surface area contributed by atoms with Gasteiger partial charge in [-0.25, -0.2) is 0 Å². The fourth-order valence-corrected chi connectivity index (χ4v) is 3.98. The van der Waals surface area contributed by atoms with Gasteiger partial charge in [0.15, 0.2) is 6.29 Å². The van der Waals surface area contributed by atoms with Gasteiger partial charge in [-0.3, -0.25) is 9.69 Å². The molecule has 0 aliphatic carbocycles. The lowest BCUT2D eigenvalue weighted by molar-refractivity contribution is -0.105. The van der Waals surface area contributed by atoms with Crippen LogP contribution in [0.5, 0.6) is 5.75 Å². The third-order valence-corrected chi connectivity index (χ3v) is 5.48. The summed E-state index contributed by atoms with van der Waals surface area (Å²) in [5.74, 6) is 0.796. The smallest absolute Gasteiger partial charge is 0.263 e.